The van der Waals surface area contributed by atoms with E-state index in [-0.39, 0.29) is 29.7 Å². The zero-order valence-corrected chi connectivity index (χ0v) is 19.0. The van der Waals surface area contributed by atoms with Crippen LogP contribution < -0.4 is 10.2 Å². The summed E-state index contributed by atoms with van der Waals surface area (Å²) in [6.45, 7) is 1.77. The Morgan fingerprint density at radius 2 is 1.44 bits per heavy atom. The molecule has 1 aliphatic heterocycles. The Bertz CT molecular complexity index is 1210. The van der Waals surface area contributed by atoms with Gasteiger partial charge in [0, 0.05) is 23.1 Å². The number of carbonyl (C=O) groups excluding carboxylic acids is 3. The fourth-order valence-electron chi connectivity index (χ4n) is 5.51. The monoisotopic (exact) mass is 454 g/mol. The highest BCUT2D eigenvalue weighted by atomic mass is 16.5. The predicted octanol–water partition coefficient (Wildman–Crippen LogP) is 3.79. The molecular formula is C28H26N2O4. The highest BCUT2D eigenvalue weighted by Crippen LogP contribution is 2.60. The van der Waals surface area contributed by atoms with Gasteiger partial charge in [0.2, 0.25) is 0 Å². The molecule has 3 aromatic carbocycles. The molecule has 172 valence electrons. The van der Waals surface area contributed by atoms with E-state index in [1.165, 1.54) is 7.11 Å². The number of ether oxygens (including phenoxy) is 1. The maximum Gasteiger partial charge on any atom is 0.311 e. The van der Waals surface area contributed by atoms with Crippen molar-refractivity contribution in [3.05, 3.63) is 102 Å². The maximum absolute atomic E-state index is 14.3. The lowest BCUT2D eigenvalue weighted by atomic mass is 9.73. The number of nitrogens with zero attached hydrogens (tertiary/aromatic N) is 1. The Kier molecular flexibility index (Phi) is 5.44. The normalized spacial score (nSPS) is 27.5. The summed E-state index contributed by atoms with van der Waals surface area (Å²) in [5.74, 6) is -2.00. The summed E-state index contributed by atoms with van der Waals surface area (Å²) in [4.78, 5) is 42.0. The molecule has 2 amide bonds. The number of hydrogen-bond donors (Lipinski definition) is 1. The van der Waals surface area contributed by atoms with Gasteiger partial charge in [-0.25, -0.2) is 0 Å². The van der Waals surface area contributed by atoms with Crippen LogP contribution in [0.1, 0.15) is 28.8 Å². The van der Waals surface area contributed by atoms with E-state index in [2.05, 4.69) is 5.32 Å². The van der Waals surface area contributed by atoms with Crippen molar-refractivity contribution in [3.8, 4) is 0 Å². The molecule has 0 bridgehead atoms. The molecule has 6 nitrogen and oxygen atoms in total. The summed E-state index contributed by atoms with van der Waals surface area (Å²) < 4.78 is 5.12. The Morgan fingerprint density at radius 1 is 0.882 bits per heavy atom. The summed E-state index contributed by atoms with van der Waals surface area (Å²) in [6, 6.07) is 27.4. The van der Waals surface area contributed by atoms with E-state index in [1.807, 2.05) is 66.7 Å². The zero-order chi connectivity index (χ0) is 23.9. The Morgan fingerprint density at radius 3 is 2.03 bits per heavy atom. The first-order valence-electron chi connectivity index (χ1n) is 11.4. The van der Waals surface area contributed by atoms with E-state index in [0.717, 1.165) is 5.56 Å². The molecule has 3 aromatic rings. The molecule has 0 radical (unpaired) electrons. The van der Waals surface area contributed by atoms with Gasteiger partial charge in [-0.15, -0.1) is 0 Å². The largest absolute Gasteiger partial charge is 0.469 e. The highest BCUT2D eigenvalue weighted by Gasteiger charge is 2.72. The van der Waals surface area contributed by atoms with Crippen molar-refractivity contribution in [1.29, 1.82) is 0 Å². The molecule has 2 aliphatic rings. The molecule has 5 atom stereocenters. The van der Waals surface area contributed by atoms with Crippen molar-refractivity contribution in [1.82, 2.24) is 5.32 Å². The first kappa shape index (κ1) is 21.9. The van der Waals surface area contributed by atoms with Gasteiger partial charge in [0.15, 0.2) is 0 Å². The minimum Gasteiger partial charge on any atom is -0.469 e. The molecule has 1 aliphatic carbocycles. The van der Waals surface area contributed by atoms with Crippen LogP contribution in [-0.2, 0) is 14.3 Å². The van der Waals surface area contributed by atoms with Crippen molar-refractivity contribution >= 4 is 23.5 Å². The van der Waals surface area contributed by atoms with Crippen molar-refractivity contribution in [2.75, 3.05) is 12.0 Å². The number of rotatable bonds is 5. The topological polar surface area (TPSA) is 75.7 Å². The number of benzene rings is 3. The molecule has 34 heavy (non-hydrogen) atoms. The van der Waals surface area contributed by atoms with Crippen LogP contribution in [0, 0.1) is 11.8 Å². The number of para-hydroxylation sites is 1. The average Bonchev–Trinajstić information content (AvgIpc) is 3.59. The molecule has 5 rings (SSSR count). The number of amides is 2. The lowest BCUT2D eigenvalue weighted by Crippen LogP contribution is -2.65. The number of anilines is 1. The second-order valence-corrected chi connectivity index (χ2v) is 9.04. The molecule has 1 N–H and O–H groups in total. The predicted molar refractivity (Wildman–Crippen MR) is 128 cm³/mol. The van der Waals surface area contributed by atoms with E-state index < -0.39 is 17.4 Å². The van der Waals surface area contributed by atoms with E-state index in [9.17, 15) is 14.4 Å². The van der Waals surface area contributed by atoms with Crippen molar-refractivity contribution < 1.29 is 19.1 Å². The molecule has 2 fully saturated rings. The van der Waals surface area contributed by atoms with Crippen LogP contribution in [0.5, 0.6) is 0 Å². The lowest BCUT2D eigenvalue weighted by molar-refractivity contribution is -0.142. The molecule has 1 saturated carbocycles. The number of fused-ring (bicyclic) bond motifs is 1. The quantitative estimate of drug-likeness (QED) is 0.595. The fourth-order valence-corrected chi connectivity index (χ4v) is 5.51. The van der Waals surface area contributed by atoms with Crippen LogP contribution in [0.3, 0.4) is 0 Å². The first-order valence-corrected chi connectivity index (χ1v) is 11.4. The number of nitrogens with one attached hydrogen (secondary N) is 1. The molecule has 0 spiro atoms. The van der Waals surface area contributed by atoms with E-state index in [1.54, 1.807) is 36.1 Å². The van der Waals surface area contributed by atoms with Crippen LogP contribution in [0.25, 0.3) is 0 Å². The molecule has 1 saturated heterocycles. The Hall–Kier alpha value is -3.93. The highest BCUT2D eigenvalue weighted by molar-refractivity contribution is 6.08. The van der Waals surface area contributed by atoms with Crippen LogP contribution in [0.4, 0.5) is 5.69 Å². The molecular weight excluding hydrogens is 428 g/mol. The van der Waals surface area contributed by atoms with Crippen molar-refractivity contribution in [3.63, 3.8) is 0 Å². The van der Waals surface area contributed by atoms with Crippen LogP contribution in [0.15, 0.2) is 91.0 Å². The molecule has 0 unspecified atom stereocenters. The Balaban J connectivity index is 1.64. The van der Waals surface area contributed by atoms with Crippen LogP contribution in [-0.4, -0.2) is 36.5 Å². The zero-order valence-electron chi connectivity index (χ0n) is 19.0. The van der Waals surface area contributed by atoms with Gasteiger partial charge < -0.3 is 15.0 Å². The standard InChI is InChI=1S/C28H26N2O4/c1-28(29-25(31)19-14-8-4-9-15-19)23(18-12-6-3-7-13-18)21-22(26(32)34-2)24(21)30(27(28)33)20-16-10-5-11-17-20/h3-17,21-24H,1-2H3,(H,29,31)/t21-,22+,23+,24+,28-/m1/s1. The SMILES string of the molecule is COC(=O)[C@H]1[C@H]2[C@@H]1N(c1ccccc1)C(=O)[C@](C)(NC(=O)c1ccccc1)[C@H]2c1ccccc1. The smallest absolute Gasteiger partial charge is 0.311 e. The van der Waals surface area contributed by atoms with Gasteiger partial charge in [0.25, 0.3) is 11.8 Å². The minimum absolute atomic E-state index is 0.200. The Labute approximate surface area is 198 Å². The number of hydrogen-bond acceptors (Lipinski definition) is 4. The molecule has 1 heterocycles. The minimum atomic E-state index is -1.28. The number of methoxy groups -OCH3 is 1. The van der Waals surface area contributed by atoms with Gasteiger partial charge >= 0.3 is 5.97 Å². The lowest BCUT2D eigenvalue weighted by Gasteiger charge is -2.45. The third kappa shape index (κ3) is 3.46. The summed E-state index contributed by atoms with van der Waals surface area (Å²) >= 11 is 0. The summed E-state index contributed by atoms with van der Waals surface area (Å²) in [7, 11) is 1.37. The van der Waals surface area contributed by atoms with Gasteiger partial charge in [-0.3, -0.25) is 14.4 Å². The fraction of sp³-hybridized carbons (Fsp3) is 0.250. The summed E-state index contributed by atoms with van der Waals surface area (Å²) in [5.41, 5.74) is 0.784. The van der Waals surface area contributed by atoms with Crippen LogP contribution in [0.2, 0.25) is 0 Å². The van der Waals surface area contributed by atoms with Crippen molar-refractivity contribution in [2.24, 2.45) is 11.8 Å². The van der Waals surface area contributed by atoms with Gasteiger partial charge in [0.05, 0.1) is 19.1 Å². The molecule has 6 heteroatoms. The van der Waals surface area contributed by atoms with E-state index >= 15 is 0 Å². The summed E-state index contributed by atoms with van der Waals surface area (Å²) in [5, 5.41) is 3.06. The van der Waals surface area contributed by atoms with Gasteiger partial charge in [-0.1, -0.05) is 66.7 Å². The third-order valence-electron chi connectivity index (χ3n) is 7.08. The average molecular weight is 455 g/mol. The van der Waals surface area contributed by atoms with E-state index in [4.69, 9.17) is 4.74 Å². The van der Waals surface area contributed by atoms with Gasteiger partial charge in [-0.2, -0.15) is 0 Å². The number of esters is 1. The van der Waals surface area contributed by atoms with Crippen LogP contribution >= 0.6 is 0 Å². The van der Waals surface area contributed by atoms with Gasteiger partial charge in [0.1, 0.15) is 5.54 Å². The third-order valence-corrected chi connectivity index (χ3v) is 7.08. The van der Waals surface area contributed by atoms with Gasteiger partial charge in [-0.05, 0) is 36.8 Å². The van der Waals surface area contributed by atoms with E-state index in [0.29, 0.717) is 11.3 Å². The van der Waals surface area contributed by atoms with Crippen molar-refractivity contribution in [2.45, 2.75) is 24.4 Å². The first-order chi connectivity index (χ1) is 16.5. The second kappa shape index (κ2) is 8.45. The molecule has 0 aromatic heterocycles. The number of piperidine rings is 1. The number of carbonyl (C=O) groups is 3. The summed E-state index contributed by atoms with van der Waals surface area (Å²) in [6.07, 6.45) is 0. The second-order valence-electron chi connectivity index (χ2n) is 9.04. The maximum atomic E-state index is 14.3.